The molecule has 0 aliphatic heterocycles. The number of para-hydroxylation sites is 1. The molecule has 2 aromatic carbocycles. The maximum Gasteiger partial charge on any atom is 0.304 e. The molecule has 0 unspecified atom stereocenters. The average Bonchev–Trinajstić information content (AvgIpc) is 3.16. The second-order valence-electron chi connectivity index (χ2n) is 6.32. The molecule has 3 aromatic rings. The third-order valence-electron chi connectivity index (χ3n) is 4.33. The molecule has 1 heterocycles. The van der Waals surface area contributed by atoms with E-state index in [1.54, 1.807) is 17.5 Å². The Kier molecular flexibility index (Phi) is 6.85. The van der Waals surface area contributed by atoms with Crippen LogP contribution in [0.15, 0.2) is 53.9 Å². The van der Waals surface area contributed by atoms with Crippen molar-refractivity contribution in [3.05, 3.63) is 64.5 Å². The van der Waals surface area contributed by atoms with E-state index in [-0.39, 0.29) is 12.8 Å². The van der Waals surface area contributed by atoms with Crippen molar-refractivity contribution in [3.8, 4) is 17.0 Å². The van der Waals surface area contributed by atoms with Crippen molar-refractivity contribution in [1.82, 2.24) is 4.98 Å². The molecule has 0 spiro atoms. The molecule has 0 saturated carbocycles. The van der Waals surface area contributed by atoms with Gasteiger partial charge in [-0.1, -0.05) is 48.0 Å². The van der Waals surface area contributed by atoms with E-state index in [4.69, 9.17) is 16.3 Å². The van der Waals surface area contributed by atoms with Crippen molar-refractivity contribution in [3.63, 3.8) is 0 Å². The summed E-state index contributed by atoms with van der Waals surface area (Å²) in [6, 6.07) is 14.5. The molecule has 1 aromatic heterocycles. The van der Waals surface area contributed by atoms with E-state index < -0.39 is 17.8 Å². The van der Waals surface area contributed by atoms with Crippen molar-refractivity contribution in [1.29, 1.82) is 0 Å². The lowest BCUT2D eigenvalue weighted by Crippen LogP contribution is -2.27. The number of halogens is 1. The minimum absolute atomic E-state index is 0.241. The lowest BCUT2D eigenvalue weighted by molar-refractivity contribution is -0.140. The minimum Gasteiger partial charge on any atom is -0.496 e. The molecule has 6 nitrogen and oxygen atoms in total. The molecule has 0 saturated heterocycles. The molecule has 0 aliphatic rings. The number of nitrogens with zero attached hydrogens (tertiary/aromatic N) is 1. The van der Waals surface area contributed by atoms with Gasteiger partial charge >= 0.3 is 5.97 Å². The van der Waals surface area contributed by atoms with Gasteiger partial charge < -0.3 is 15.2 Å². The van der Waals surface area contributed by atoms with Gasteiger partial charge in [-0.05, 0) is 24.1 Å². The van der Waals surface area contributed by atoms with Gasteiger partial charge in [0.05, 0.1) is 25.1 Å². The summed E-state index contributed by atoms with van der Waals surface area (Å²) < 4.78 is 5.31. The molecule has 0 fully saturated rings. The molecule has 0 radical (unpaired) electrons. The van der Waals surface area contributed by atoms with E-state index in [1.807, 2.05) is 36.4 Å². The summed E-state index contributed by atoms with van der Waals surface area (Å²) in [5.41, 5.74) is 2.18. The number of thiazole rings is 1. The fourth-order valence-corrected chi connectivity index (χ4v) is 3.88. The number of benzene rings is 2. The first-order valence-corrected chi connectivity index (χ1v) is 10.1. The SMILES string of the molecule is COc1ccccc1C[C@H](CC(=O)O)C(=O)Nc1nc(-c2ccccc2Cl)cs1. The summed E-state index contributed by atoms with van der Waals surface area (Å²) in [5, 5.41) is 14.7. The number of hydrogen-bond donors (Lipinski definition) is 2. The Morgan fingerprint density at radius 2 is 1.93 bits per heavy atom. The van der Waals surface area contributed by atoms with Crippen molar-refractivity contribution >= 4 is 39.9 Å². The Bertz CT molecular complexity index is 1020. The van der Waals surface area contributed by atoms with Gasteiger partial charge in [-0.2, -0.15) is 0 Å². The second-order valence-corrected chi connectivity index (χ2v) is 7.58. The van der Waals surface area contributed by atoms with Crippen molar-refractivity contribution in [2.75, 3.05) is 12.4 Å². The van der Waals surface area contributed by atoms with Crippen molar-refractivity contribution in [2.24, 2.45) is 5.92 Å². The maximum atomic E-state index is 12.8. The Morgan fingerprint density at radius 3 is 2.66 bits per heavy atom. The highest BCUT2D eigenvalue weighted by molar-refractivity contribution is 7.14. The number of nitrogens with one attached hydrogen (secondary N) is 1. The van der Waals surface area contributed by atoms with E-state index in [0.29, 0.717) is 21.6 Å². The zero-order chi connectivity index (χ0) is 20.8. The molecular weight excluding hydrogens is 412 g/mol. The van der Waals surface area contributed by atoms with E-state index in [9.17, 15) is 14.7 Å². The minimum atomic E-state index is -1.05. The van der Waals surface area contributed by atoms with Gasteiger partial charge in [0.1, 0.15) is 5.75 Å². The molecule has 3 rings (SSSR count). The van der Waals surface area contributed by atoms with Crippen LogP contribution in [0.4, 0.5) is 5.13 Å². The van der Waals surface area contributed by atoms with Crippen LogP contribution in [0.5, 0.6) is 5.75 Å². The van der Waals surface area contributed by atoms with Crippen LogP contribution >= 0.6 is 22.9 Å². The fraction of sp³-hybridized carbons (Fsp3) is 0.190. The normalized spacial score (nSPS) is 11.7. The number of carbonyl (C=O) groups is 2. The number of rotatable bonds is 8. The third-order valence-corrected chi connectivity index (χ3v) is 5.42. The van der Waals surface area contributed by atoms with Gasteiger partial charge in [0, 0.05) is 16.0 Å². The molecular formula is C21H19ClN2O4S. The first-order chi connectivity index (χ1) is 14.0. The van der Waals surface area contributed by atoms with Crippen LogP contribution in [-0.2, 0) is 16.0 Å². The van der Waals surface area contributed by atoms with Crippen LogP contribution in [0.25, 0.3) is 11.3 Å². The van der Waals surface area contributed by atoms with E-state index in [2.05, 4.69) is 10.3 Å². The van der Waals surface area contributed by atoms with Gasteiger partial charge in [0.2, 0.25) is 5.91 Å². The summed E-state index contributed by atoms with van der Waals surface area (Å²) >= 11 is 7.46. The van der Waals surface area contributed by atoms with Crippen molar-refractivity contribution < 1.29 is 19.4 Å². The number of carboxylic acid groups (broad SMARTS) is 1. The van der Waals surface area contributed by atoms with Crippen LogP contribution in [0.1, 0.15) is 12.0 Å². The monoisotopic (exact) mass is 430 g/mol. The highest BCUT2D eigenvalue weighted by Crippen LogP contribution is 2.31. The number of carboxylic acids is 1. The highest BCUT2D eigenvalue weighted by Gasteiger charge is 2.24. The van der Waals surface area contributed by atoms with E-state index >= 15 is 0 Å². The third kappa shape index (κ3) is 5.34. The first kappa shape index (κ1) is 20.8. The number of hydrogen-bond acceptors (Lipinski definition) is 5. The van der Waals surface area contributed by atoms with Crippen LogP contribution in [-0.4, -0.2) is 29.1 Å². The summed E-state index contributed by atoms with van der Waals surface area (Å²) in [5.74, 6) is -1.60. The second kappa shape index (κ2) is 9.54. The first-order valence-electron chi connectivity index (χ1n) is 8.83. The Morgan fingerprint density at radius 1 is 1.21 bits per heavy atom. The van der Waals surface area contributed by atoms with E-state index in [1.165, 1.54) is 18.4 Å². The number of anilines is 1. The Balaban J connectivity index is 1.77. The molecule has 1 atom stereocenters. The number of aliphatic carboxylic acids is 1. The fourth-order valence-electron chi connectivity index (χ4n) is 2.94. The Labute approximate surface area is 177 Å². The number of aromatic nitrogens is 1. The molecule has 0 aliphatic carbocycles. The van der Waals surface area contributed by atoms with Crippen LogP contribution in [0.3, 0.4) is 0 Å². The number of amides is 1. The van der Waals surface area contributed by atoms with Gasteiger partial charge in [0.25, 0.3) is 0 Å². The molecule has 150 valence electrons. The van der Waals surface area contributed by atoms with Gasteiger partial charge in [-0.15, -0.1) is 11.3 Å². The molecule has 2 N–H and O–H groups in total. The van der Waals surface area contributed by atoms with Gasteiger partial charge in [-0.25, -0.2) is 4.98 Å². The summed E-state index contributed by atoms with van der Waals surface area (Å²) in [4.78, 5) is 28.5. The molecule has 29 heavy (non-hydrogen) atoms. The number of carbonyl (C=O) groups excluding carboxylic acids is 1. The predicted octanol–water partition coefficient (Wildman–Crippen LogP) is 4.74. The zero-order valence-corrected chi connectivity index (χ0v) is 17.2. The molecule has 0 bridgehead atoms. The summed E-state index contributed by atoms with van der Waals surface area (Å²) in [7, 11) is 1.54. The Hall–Kier alpha value is -2.90. The van der Waals surface area contributed by atoms with E-state index in [0.717, 1.165) is 11.1 Å². The lowest BCUT2D eigenvalue weighted by Gasteiger charge is -2.16. The number of methoxy groups -OCH3 is 1. The summed E-state index contributed by atoms with van der Waals surface area (Å²) in [6.45, 7) is 0. The standard InChI is InChI=1S/C21H19ClN2O4S/c1-28-18-9-5-2-6-13(18)10-14(11-19(25)26)20(27)24-21-23-17(12-29-21)15-7-3-4-8-16(15)22/h2-9,12,14H,10-11H2,1H3,(H,25,26)(H,23,24,27)/t14-/m1/s1. The smallest absolute Gasteiger partial charge is 0.304 e. The molecule has 8 heteroatoms. The topological polar surface area (TPSA) is 88.5 Å². The van der Waals surface area contributed by atoms with Gasteiger partial charge in [-0.3, -0.25) is 9.59 Å². The molecule has 1 amide bonds. The van der Waals surface area contributed by atoms with Gasteiger partial charge in [0.15, 0.2) is 5.13 Å². The van der Waals surface area contributed by atoms with Crippen LogP contribution in [0.2, 0.25) is 5.02 Å². The van der Waals surface area contributed by atoms with Crippen molar-refractivity contribution in [2.45, 2.75) is 12.8 Å². The lowest BCUT2D eigenvalue weighted by atomic mass is 9.95. The maximum absolute atomic E-state index is 12.8. The zero-order valence-electron chi connectivity index (χ0n) is 15.6. The summed E-state index contributed by atoms with van der Waals surface area (Å²) in [6.07, 6.45) is -0.0580. The number of ether oxygens (including phenoxy) is 1. The largest absolute Gasteiger partial charge is 0.496 e. The quantitative estimate of drug-likeness (QED) is 0.538. The predicted molar refractivity (Wildman–Crippen MR) is 114 cm³/mol. The average molecular weight is 431 g/mol. The van der Waals surface area contributed by atoms with Crippen LogP contribution < -0.4 is 10.1 Å². The highest BCUT2D eigenvalue weighted by atomic mass is 35.5. The van der Waals surface area contributed by atoms with Crippen LogP contribution in [0, 0.1) is 5.92 Å².